The van der Waals surface area contributed by atoms with Crippen molar-refractivity contribution in [3.8, 4) is 5.88 Å². The van der Waals surface area contributed by atoms with Gasteiger partial charge in [0.2, 0.25) is 5.88 Å². The summed E-state index contributed by atoms with van der Waals surface area (Å²) in [6.45, 7) is 0. The third kappa shape index (κ3) is 2.61. The molecular formula is C7H5F3N2O2. The maximum Gasteiger partial charge on any atom is 0.491 e. The molecule has 14 heavy (non-hydrogen) atoms. The lowest BCUT2D eigenvalue weighted by molar-refractivity contribution is -0.190. The molecule has 7 heteroatoms. The topological polar surface area (TPSA) is 65.2 Å². The van der Waals surface area contributed by atoms with Gasteiger partial charge in [-0.05, 0) is 6.07 Å². The predicted molar refractivity (Wildman–Crippen MR) is 40.3 cm³/mol. The third-order valence-corrected chi connectivity index (χ3v) is 1.19. The van der Waals surface area contributed by atoms with Crippen LogP contribution in [0.15, 0.2) is 18.3 Å². The lowest BCUT2D eigenvalue weighted by atomic mass is 10.4. The molecule has 0 aromatic carbocycles. The van der Waals surface area contributed by atoms with Crippen LogP contribution >= 0.6 is 0 Å². The summed E-state index contributed by atoms with van der Waals surface area (Å²) < 4.78 is 39.0. The van der Waals surface area contributed by atoms with E-state index in [2.05, 4.69) is 9.72 Å². The van der Waals surface area contributed by atoms with Gasteiger partial charge in [0, 0.05) is 18.0 Å². The minimum atomic E-state index is -5.04. The van der Waals surface area contributed by atoms with Crippen molar-refractivity contribution in [2.75, 3.05) is 5.73 Å². The summed E-state index contributed by atoms with van der Waals surface area (Å²) in [5, 5.41) is 0. The number of nitrogens with two attached hydrogens (primary N) is 1. The van der Waals surface area contributed by atoms with Crippen LogP contribution in [-0.2, 0) is 4.79 Å². The molecule has 0 bridgehead atoms. The fourth-order valence-electron chi connectivity index (χ4n) is 0.633. The SMILES string of the molecule is Nc1ccnc(OC(=O)C(F)(F)F)c1. The molecule has 4 nitrogen and oxygen atoms in total. The minimum absolute atomic E-state index is 0.157. The highest BCUT2D eigenvalue weighted by atomic mass is 19.4. The number of nitrogens with zero attached hydrogens (tertiary/aromatic N) is 1. The summed E-state index contributed by atoms with van der Waals surface area (Å²) in [4.78, 5) is 13.7. The first kappa shape index (κ1) is 10.3. The van der Waals surface area contributed by atoms with Crippen LogP contribution < -0.4 is 10.5 Å². The number of alkyl halides is 3. The molecule has 1 aromatic heterocycles. The predicted octanol–water partition coefficient (Wildman–Crippen LogP) is 1.13. The Bertz CT molecular complexity index is 351. The monoisotopic (exact) mass is 206 g/mol. The van der Waals surface area contributed by atoms with E-state index >= 15 is 0 Å². The number of ether oxygens (including phenoxy) is 1. The van der Waals surface area contributed by atoms with Crippen molar-refractivity contribution in [2.24, 2.45) is 0 Å². The van der Waals surface area contributed by atoms with Gasteiger partial charge in [0.15, 0.2) is 0 Å². The van der Waals surface area contributed by atoms with Gasteiger partial charge >= 0.3 is 12.1 Å². The number of carbonyl (C=O) groups is 1. The Morgan fingerprint density at radius 1 is 1.50 bits per heavy atom. The second kappa shape index (κ2) is 3.52. The Morgan fingerprint density at radius 3 is 2.64 bits per heavy atom. The average molecular weight is 206 g/mol. The number of nitrogen functional groups attached to an aromatic ring is 1. The molecule has 2 N–H and O–H groups in total. The fraction of sp³-hybridized carbons (Fsp3) is 0.143. The molecule has 1 rings (SSSR count). The van der Waals surface area contributed by atoms with Crippen LogP contribution in [0.5, 0.6) is 5.88 Å². The largest absolute Gasteiger partial charge is 0.491 e. The highest BCUT2D eigenvalue weighted by Gasteiger charge is 2.41. The van der Waals surface area contributed by atoms with Gasteiger partial charge in [-0.25, -0.2) is 9.78 Å². The number of pyridine rings is 1. The average Bonchev–Trinajstić information content (AvgIpc) is 2.02. The number of hydrogen-bond donors (Lipinski definition) is 1. The van der Waals surface area contributed by atoms with Crippen molar-refractivity contribution in [1.82, 2.24) is 4.98 Å². The van der Waals surface area contributed by atoms with Crippen molar-refractivity contribution < 1.29 is 22.7 Å². The summed E-state index contributed by atoms with van der Waals surface area (Å²) >= 11 is 0. The molecule has 0 radical (unpaired) electrons. The Kier molecular flexibility index (Phi) is 2.59. The molecule has 0 aliphatic carbocycles. The zero-order valence-electron chi connectivity index (χ0n) is 6.71. The minimum Gasteiger partial charge on any atom is -0.401 e. The van der Waals surface area contributed by atoms with Gasteiger partial charge in [-0.3, -0.25) is 0 Å². The van der Waals surface area contributed by atoms with Crippen LogP contribution in [0, 0.1) is 0 Å². The number of anilines is 1. The first-order chi connectivity index (χ1) is 6.39. The number of hydrogen-bond acceptors (Lipinski definition) is 4. The van der Waals surface area contributed by atoms with Gasteiger partial charge in [-0.15, -0.1) is 0 Å². The highest BCUT2D eigenvalue weighted by Crippen LogP contribution is 2.19. The lowest BCUT2D eigenvalue weighted by Gasteiger charge is -2.05. The Morgan fingerprint density at radius 2 is 2.14 bits per heavy atom. The molecule has 1 aromatic rings. The summed E-state index contributed by atoms with van der Waals surface area (Å²) in [5.41, 5.74) is 5.39. The van der Waals surface area contributed by atoms with Crippen molar-refractivity contribution >= 4 is 11.7 Å². The Hall–Kier alpha value is -1.79. The van der Waals surface area contributed by atoms with E-state index in [1.807, 2.05) is 0 Å². The molecule has 0 fully saturated rings. The van der Waals surface area contributed by atoms with Gasteiger partial charge in [0.1, 0.15) is 0 Å². The number of carbonyl (C=O) groups excluding carboxylic acids is 1. The standard InChI is InChI=1S/C7H5F3N2O2/c8-7(9,10)6(13)14-5-3-4(11)1-2-12-5/h1-3H,(H2,11,12). The molecule has 0 aliphatic heterocycles. The van der Waals surface area contributed by atoms with E-state index < -0.39 is 18.0 Å². The zero-order valence-corrected chi connectivity index (χ0v) is 6.71. The highest BCUT2D eigenvalue weighted by molar-refractivity contribution is 5.77. The van der Waals surface area contributed by atoms with Crippen molar-refractivity contribution in [3.05, 3.63) is 18.3 Å². The molecule has 0 saturated carbocycles. The van der Waals surface area contributed by atoms with E-state index in [1.54, 1.807) is 0 Å². The normalized spacial score (nSPS) is 11.1. The van der Waals surface area contributed by atoms with Crippen LogP contribution in [0.25, 0.3) is 0 Å². The molecule has 0 aliphatic rings. The number of halogens is 3. The number of aromatic nitrogens is 1. The smallest absolute Gasteiger partial charge is 0.401 e. The molecule has 76 valence electrons. The zero-order chi connectivity index (χ0) is 10.8. The maximum atomic E-state index is 11.7. The van der Waals surface area contributed by atoms with Gasteiger partial charge in [-0.2, -0.15) is 13.2 Å². The maximum absolute atomic E-state index is 11.7. The first-order valence-corrected chi connectivity index (χ1v) is 3.40. The summed E-state index contributed by atoms with van der Waals surface area (Å²) in [6, 6.07) is 2.37. The quantitative estimate of drug-likeness (QED) is 0.699. The van der Waals surface area contributed by atoms with E-state index in [1.165, 1.54) is 6.07 Å². The number of esters is 1. The second-order valence-electron chi connectivity index (χ2n) is 2.31. The van der Waals surface area contributed by atoms with Crippen molar-refractivity contribution in [3.63, 3.8) is 0 Å². The summed E-state index contributed by atoms with van der Waals surface area (Å²) in [5.74, 6) is -2.80. The van der Waals surface area contributed by atoms with Gasteiger partial charge in [-0.1, -0.05) is 0 Å². The number of rotatable bonds is 1. The molecule has 0 amide bonds. The molecule has 1 heterocycles. The van der Waals surface area contributed by atoms with Gasteiger partial charge in [0.25, 0.3) is 0 Å². The van der Waals surface area contributed by atoms with Crippen LogP contribution in [0.4, 0.5) is 18.9 Å². The van der Waals surface area contributed by atoms with Crippen molar-refractivity contribution in [2.45, 2.75) is 6.18 Å². The van der Waals surface area contributed by atoms with Crippen LogP contribution in [0.2, 0.25) is 0 Å². The summed E-state index contributed by atoms with van der Waals surface area (Å²) in [7, 11) is 0. The molecule has 0 spiro atoms. The van der Waals surface area contributed by atoms with E-state index in [0.717, 1.165) is 12.3 Å². The lowest BCUT2D eigenvalue weighted by Crippen LogP contribution is -2.28. The fourth-order valence-corrected chi connectivity index (χ4v) is 0.633. The van der Waals surface area contributed by atoms with E-state index in [0.29, 0.717) is 0 Å². The van der Waals surface area contributed by atoms with Gasteiger partial charge < -0.3 is 10.5 Å². The van der Waals surface area contributed by atoms with E-state index in [4.69, 9.17) is 5.73 Å². The first-order valence-electron chi connectivity index (χ1n) is 3.40. The summed E-state index contributed by atoms with van der Waals surface area (Å²) in [6.07, 6.45) is -3.90. The van der Waals surface area contributed by atoms with E-state index in [9.17, 15) is 18.0 Å². The van der Waals surface area contributed by atoms with E-state index in [-0.39, 0.29) is 5.69 Å². The molecule has 0 unspecified atom stereocenters. The molecular weight excluding hydrogens is 201 g/mol. The van der Waals surface area contributed by atoms with Crippen LogP contribution in [0.1, 0.15) is 0 Å². The second-order valence-corrected chi connectivity index (χ2v) is 2.31. The third-order valence-electron chi connectivity index (χ3n) is 1.19. The van der Waals surface area contributed by atoms with Crippen LogP contribution in [-0.4, -0.2) is 17.1 Å². The Labute approximate surface area is 76.5 Å². The van der Waals surface area contributed by atoms with Gasteiger partial charge in [0.05, 0.1) is 0 Å². The van der Waals surface area contributed by atoms with Crippen molar-refractivity contribution in [1.29, 1.82) is 0 Å². The molecule has 0 atom stereocenters. The Balaban J connectivity index is 2.75. The van der Waals surface area contributed by atoms with Crippen LogP contribution in [0.3, 0.4) is 0 Å². The molecule has 0 saturated heterocycles.